The Kier molecular flexibility index (Phi) is 6.67. The molecule has 0 aliphatic carbocycles. The molecule has 2 heterocycles. The maximum Gasteiger partial charge on any atom is 0.240 e. The van der Waals surface area contributed by atoms with E-state index in [-0.39, 0.29) is 24.1 Å². The molecule has 1 unspecified atom stereocenters. The Morgan fingerprint density at radius 1 is 1.16 bits per heavy atom. The van der Waals surface area contributed by atoms with Gasteiger partial charge in [0, 0.05) is 22.7 Å². The Hall–Kier alpha value is -3.43. The van der Waals surface area contributed by atoms with Crippen LogP contribution in [0.3, 0.4) is 0 Å². The number of carbonyl (C=O) groups is 2. The van der Waals surface area contributed by atoms with Gasteiger partial charge in [0.2, 0.25) is 11.8 Å². The summed E-state index contributed by atoms with van der Waals surface area (Å²) in [4.78, 5) is 24.3. The number of nitrogens with one attached hydrogen (secondary N) is 2. The molecular formula is C22H16ClFN4O3S. The SMILES string of the molecule is O=C(CC1S/C(=N\N=C\c2ccc(-c3ccc(F)cc3)o2)NC1=O)Nc1ccc(Cl)cc1. The molecule has 4 rings (SSSR count). The number of hydrogen-bond donors (Lipinski definition) is 2. The second kappa shape index (κ2) is 9.80. The third-order valence-corrected chi connectivity index (χ3v) is 5.69. The van der Waals surface area contributed by atoms with Gasteiger partial charge >= 0.3 is 0 Å². The monoisotopic (exact) mass is 470 g/mol. The second-order valence-electron chi connectivity index (χ2n) is 6.71. The van der Waals surface area contributed by atoms with Crippen molar-refractivity contribution in [1.82, 2.24) is 5.32 Å². The highest BCUT2D eigenvalue weighted by molar-refractivity contribution is 8.15. The number of amidine groups is 1. The maximum atomic E-state index is 13.0. The molecular weight excluding hydrogens is 455 g/mol. The zero-order valence-electron chi connectivity index (χ0n) is 16.4. The van der Waals surface area contributed by atoms with Crippen LogP contribution in [0, 0.1) is 5.82 Å². The lowest BCUT2D eigenvalue weighted by Gasteiger charge is -2.07. The third-order valence-electron chi connectivity index (χ3n) is 4.36. The summed E-state index contributed by atoms with van der Waals surface area (Å²) in [5, 5.41) is 13.5. The number of nitrogens with zero attached hydrogens (tertiary/aromatic N) is 2. The lowest BCUT2D eigenvalue weighted by molar-refractivity contribution is -0.122. The van der Waals surface area contributed by atoms with Crippen LogP contribution in [0.25, 0.3) is 11.3 Å². The minimum Gasteiger partial charge on any atom is -0.455 e. The van der Waals surface area contributed by atoms with Crippen molar-refractivity contribution in [2.75, 3.05) is 5.32 Å². The molecule has 1 atom stereocenters. The van der Waals surface area contributed by atoms with Crippen LogP contribution in [-0.2, 0) is 9.59 Å². The first kappa shape index (κ1) is 21.8. The van der Waals surface area contributed by atoms with Gasteiger partial charge in [0.25, 0.3) is 0 Å². The summed E-state index contributed by atoms with van der Waals surface area (Å²) >= 11 is 6.95. The Labute approximate surface area is 191 Å². The second-order valence-corrected chi connectivity index (χ2v) is 8.34. The van der Waals surface area contributed by atoms with E-state index in [0.29, 0.717) is 27.4 Å². The fourth-order valence-corrected chi connectivity index (χ4v) is 3.88. The molecule has 10 heteroatoms. The van der Waals surface area contributed by atoms with Crippen molar-refractivity contribution >= 4 is 52.2 Å². The van der Waals surface area contributed by atoms with Crippen molar-refractivity contribution in [3.63, 3.8) is 0 Å². The number of benzene rings is 2. The van der Waals surface area contributed by atoms with Crippen LogP contribution in [0.15, 0.2) is 75.3 Å². The highest BCUT2D eigenvalue weighted by Crippen LogP contribution is 2.24. The number of carbonyl (C=O) groups excluding carboxylic acids is 2. The fraction of sp³-hybridized carbons (Fsp3) is 0.0909. The summed E-state index contributed by atoms with van der Waals surface area (Å²) in [6, 6.07) is 16.1. The average Bonchev–Trinajstić information content (AvgIpc) is 3.37. The molecule has 2 amide bonds. The average molecular weight is 471 g/mol. The van der Waals surface area contributed by atoms with Crippen LogP contribution >= 0.6 is 23.4 Å². The minimum atomic E-state index is -0.607. The number of anilines is 1. The molecule has 32 heavy (non-hydrogen) atoms. The van der Waals surface area contributed by atoms with Crippen molar-refractivity contribution in [3.8, 4) is 11.3 Å². The highest BCUT2D eigenvalue weighted by Gasteiger charge is 2.32. The number of furan rings is 1. The van der Waals surface area contributed by atoms with Crippen LogP contribution in [0.2, 0.25) is 5.02 Å². The molecule has 1 aromatic heterocycles. The van der Waals surface area contributed by atoms with E-state index in [2.05, 4.69) is 20.8 Å². The van der Waals surface area contributed by atoms with Gasteiger partial charge in [-0.1, -0.05) is 23.4 Å². The van der Waals surface area contributed by atoms with Crippen molar-refractivity contribution in [2.24, 2.45) is 10.2 Å². The zero-order valence-corrected chi connectivity index (χ0v) is 18.0. The van der Waals surface area contributed by atoms with Gasteiger partial charge in [0.1, 0.15) is 22.6 Å². The largest absolute Gasteiger partial charge is 0.455 e. The first-order valence-electron chi connectivity index (χ1n) is 9.46. The maximum absolute atomic E-state index is 13.0. The molecule has 0 bridgehead atoms. The summed E-state index contributed by atoms with van der Waals surface area (Å²) < 4.78 is 18.7. The van der Waals surface area contributed by atoms with Crippen LogP contribution in [-0.4, -0.2) is 28.4 Å². The summed E-state index contributed by atoms with van der Waals surface area (Å²) in [5.41, 5.74) is 1.33. The molecule has 0 spiro atoms. The van der Waals surface area contributed by atoms with Crippen molar-refractivity contribution in [2.45, 2.75) is 11.7 Å². The van der Waals surface area contributed by atoms with Gasteiger partial charge in [-0.2, -0.15) is 5.10 Å². The van der Waals surface area contributed by atoms with E-state index in [1.807, 2.05) is 0 Å². The Bertz CT molecular complexity index is 1190. The van der Waals surface area contributed by atoms with Crippen molar-refractivity contribution in [1.29, 1.82) is 0 Å². The fourth-order valence-electron chi connectivity index (χ4n) is 2.83. The molecule has 2 N–H and O–H groups in total. The van der Waals surface area contributed by atoms with Crippen LogP contribution in [0.5, 0.6) is 0 Å². The van der Waals surface area contributed by atoms with Crippen molar-refractivity contribution in [3.05, 3.63) is 77.3 Å². The van der Waals surface area contributed by atoms with E-state index in [1.165, 1.54) is 18.3 Å². The van der Waals surface area contributed by atoms with Gasteiger partial charge in [0.05, 0.1) is 6.21 Å². The Balaban J connectivity index is 1.32. The first-order valence-corrected chi connectivity index (χ1v) is 10.7. The lowest BCUT2D eigenvalue weighted by atomic mass is 10.2. The molecule has 162 valence electrons. The molecule has 7 nitrogen and oxygen atoms in total. The Morgan fingerprint density at radius 3 is 2.66 bits per heavy atom. The zero-order chi connectivity index (χ0) is 22.5. The van der Waals surface area contributed by atoms with Gasteiger partial charge in [-0.25, -0.2) is 4.39 Å². The number of amides is 2. The molecule has 0 saturated carbocycles. The Morgan fingerprint density at radius 2 is 1.91 bits per heavy atom. The smallest absolute Gasteiger partial charge is 0.240 e. The predicted molar refractivity (Wildman–Crippen MR) is 123 cm³/mol. The summed E-state index contributed by atoms with van der Waals surface area (Å²) in [6.45, 7) is 0. The normalized spacial score (nSPS) is 17.1. The molecule has 1 aliphatic rings. The van der Waals surface area contributed by atoms with E-state index in [4.69, 9.17) is 16.0 Å². The van der Waals surface area contributed by atoms with Crippen molar-refractivity contribution < 1.29 is 18.4 Å². The van der Waals surface area contributed by atoms with Gasteiger partial charge in [-0.3, -0.25) is 9.59 Å². The van der Waals surface area contributed by atoms with E-state index in [9.17, 15) is 14.0 Å². The number of hydrogen-bond acceptors (Lipinski definition) is 6. The summed E-state index contributed by atoms with van der Waals surface area (Å²) in [5.74, 6) is 0.0755. The molecule has 1 aliphatic heterocycles. The lowest BCUT2D eigenvalue weighted by Crippen LogP contribution is -2.28. The van der Waals surface area contributed by atoms with Crippen LogP contribution < -0.4 is 10.6 Å². The molecule has 1 fully saturated rings. The standard InChI is InChI=1S/C22H16ClFN4O3S/c23-14-3-7-16(8-4-14)26-20(29)11-19-21(30)27-22(32-19)28-25-12-17-9-10-18(31-17)13-1-5-15(24)6-2-13/h1-10,12,19H,11H2,(H,26,29)(H,27,28,30)/b25-12+. The molecule has 2 aromatic carbocycles. The topological polar surface area (TPSA) is 96.1 Å². The molecule has 1 saturated heterocycles. The van der Waals surface area contributed by atoms with E-state index >= 15 is 0 Å². The van der Waals surface area contributed by atoms with Gasteiger partial charge in [0.15, 0.2) is 5.17 Å². The highest BCUT2D eigenvalue weighted by atomic mass is 35.5. The predicted octanol–water partition coefficient (Wildman–Crippen LogP) is 4.69. The number of thioether (sulfide) groups is 1. The van der Waals surface area contributed by atoms with Crippen LogP contribution in [0.1, 0.15) is 12.2 Å². The number of halogens is 2. The minimum absolute atomic E-state index is 0.0128. The van der Waals surface area contributed by atoms with Gasteiger partial charge in [-0.05, 0) is 60.7 Å². The summed E-state index contributed by atoms with van der Waals surface area (Å²) in [7, 11) is 0. The summed E-state index contributed by atoms with van der Waals surface area (Å²) in [6.07, 6.45) is 1.38. The number of rotatable bonds is 6. The quantitative estimate of drug-likeness (QED) is 0.403. The van der Waals surface area contributed by atoms with Crippen LogP contribution in [0.4, 0.5) is 10.1 Å². The van der Waals surface area contributed by atoms with Gasteiger partial charge < -0.3 is 15.1 Å². The van der Waals surface area contributed by atoms with E-state index < -0.39 is 5.25 Å². The molecule has 3 aromatic rings. The molecule has 0 radical (unpaired) electrons. The first-order chi connectivity index (χ1) is 15.5. The van der Waals surface area contributed by atoms with E-state index in [0.717, 1.165) is 17.3 Å². The van der Waals surface area contributed by atoms with Gasteiger partial charge in [-0.15, -0.1) is 5.10 Å². The third kappa shape index (κ3) is 5.63. The van der Waals surface area contributed by atoms with E-state index in [1.54, 1.807) is 48.5 Å².